The monoisotopic (exact) mass is 430 g/mol. The van der Waals surface area contributed by atoms with Gasteiger partial charge in [-0.25, -0.2) is 0 Å². The quantitative estimate of drug-likeness (QED) is 0.782. The van der Waals surface area contributed by atoms with Gasteiger partial charge in [-0.3, -0.25) is 4.79 Å². The van der Waals surface area contributed by atoms with Crippen LogP contribution in [0, 0.1) is 5.41 Å². The third-order valence-corrected chi connectivity index (χ3v) is 6.06. The highest BCUT2D eigenvalue weighted by molar-refractivity contribution is 9.10. The normalized spacial score (nSPS) is 23.0. The third-order valence-electron chi connectivity index (χ3n) is 5.53. The van der Waals surface area contributed by atoms with Crippen molar-refractivity contribution >= 4 is 34.2 Å². The van der Waals surface area contributed by atoms with Crippen LogP contribution in [0.2, 0.25) is 0 Å². The second kappa shape index (κ2) is 9.36. The summed E-state index contributed by atoms with van der Waals surface area (Å²) >= 11 is 3.46. The van der Waals surface area contributed by atoms with E-state index in [-0.39, 0.29) is 29.8 Å². The molecule has 3 rings (SSSR count). The lowest BCUT2D eigenvalue weighted by atomic mass is 9.71. The Balaban J connectivity index is 0.00000225. The molecular weight excluding hydrogens is 404 g/mol. The zero-order valence-corrected chi connectivity index (χ0v) is 17.0. The van der Waals surface area contributed by atoms with E-state index in [1.54, 1.807) is 0 Å². The molecule has 1 unspecified atom stereocenters. The van der Waals surface area contributed by atoms with Crippen molar-refractivity contribution in [3.8, 4) is 0 Å². The van der Waals surface area contributed by atoms with Crippen LogP contribution in [0.15, 0.2) is 28.7 Å². The maximum Gasteiger partial charge on any atom is 0.223 e. The molecule has 1 atom stereocenters. The van der Waals surface area contributed by atoms with E-state index in [4.69, 9.17) is 10.5 Å². The Kier molecular flexibility index (Phi) is 7.74. The van der Waals surface area contributed by atoms with E-state index in [0.29, 0.717) is 32.7 Å². The Hall–Kier alpha value is -0.620. The molecule has 1 aliphatic carbocycles. The first kappa shape index (κ1) is 20.7. The van der Waals surface area contributed by atoms with Gasteiger partial charge in [0.25, 0.3) is 0 Å². The van der Waals surface area contributed by atoms with Gasteiger partial charge < -0.3 is 15.4 Å². The van der Waals surface area contributed by atoms with Gasteiger partial charge in [-0.15, -0.1) is 12.4 Å². The van der Waals surface area contributed by atoms with E-state index in [9.17, 15) is 4.79 Å². The molecule has 4 nitrogen and oxygen atoms in total. The van der Waals surface area contributed by atoms with E-state index in [2.05, 4.69) is 28.1 Å². The standard InChI is InChI=1S/C19H27BrN2O2.ClH/c20-16-6-4-15(5-7-16)17-13-22(10-11-24-17)18(23)12-19(14-21)8-2-1-3-9-19;/h4-7,17H,1-3,8-14,21H2;1H. The van der Waals surface area contributed by atoms with Crippen molar-refractivity contribution in [3.05, 3.63) is 34.3 Å². The van der Waals surface area contributed by atoms with Crippen LogP contribution in [0.25, 0.3) is 0 Å². The number of ether oxygens (including phenoxy) is 1. The maximum absolute atomic E-state index is 12.9. The molecule has 0 bridgehead atoms. The molecule has 1 amide bonds. The van der Waals surface area contributed by atoms with Crippen molar-refractivity contribution in [3.63, 3.8) is 0 Å². The number of hydrogen-bond donors (Lipinski definition) is 1. The van der Waals surface area contributed by atoms with Gasteiger partial charge in [0.1, 0.15) is 6.10 Å². The van der Waals surface area contributed by atoms with E-state index in [1.165, 1.54) is 19.3 Å². The van der Waals surface area contributed by atoms with Gasteiger partial charge >= 0.3 is 0 Å². The summed E-state index contributed by atoms with van der Waals surface area (Å²) in [5.74, 6) is 0.243. The Morgan fingerprint density at radius 1 is 1.24 bits per heavy atom. The zero-order valence-electron chi connectivity index (χ0n) is 14.6. The van der Waals surface area contributed by atoms with Crippen molar-refractivity contribution in [1.82, 2.24) is 4.90 Å². The summed E-state index contributed by atoms with van der Waals surface area (Å²) in [6, 6.07) is 8.16. The lowest BCUT2D eigenvalue weighted by Crippen LogP contribution is -2.45. The van der Waals surface area contributed by atoms with Crippen LogP contribution in [0.5, 0.6) is 0 Å². The lowest BCUT2D eigenvalue weighted by molar-refractivity contribution is -0.142. The summed E-state index contributed by atoms with van der Waals surface area (Å²) in [5, 5.41) is 0. The topological polar surface area (TPSA) is 55.6 Å². The van der Waals surface area contributed by atoms with Gasteiger partial charge in [0.05, 0.1) is 13.2 Å². The summed E-state index contributed by atoms with van der Waals surface area (Å²) in [6.45, 7) is 2.55. The zero-order chi connectivity index (χ0) is 17.0. The molecule has 6 heteroatoms. The second-order valence-corrected chi connectivity index (χ2v) is 8.11. The first-order valence-electron chi connectivity index (χ1n) is 8.97. The van der Waals surface area contributed by atoms with Gasteiger partial charge in [-0.05, 0) is 42.5 Å². The average molecular weight is 432 g/mol. The summed E-state index contributed by atoms with van der Waals surface area (Å²) in [6.07, 6.45) is 6.43. The molecule has 2 aliphatic rings. The molecule has 25 heavy (non-hydrogen) atoms. The van der Waals surface area contributed by atoms with Crippen LogP contribution in [-0.4, -0.2) is 37.0 Å². The van der Waals surface area contributed by atoms with Gasteiger partial charge in [0.15, 0.2) is 0 Å². The molecule has 1 saturated heterocycles. The molecule has 2 N–H and O–H groups in total. The van der Waals surface area contributed by atoms with Crippen molar-refractivity contribution in [1.29, 1.82) is 0 Å². The fourth-order valence-electron chi connectivity index (χ4n) is 3.94. The molecule has 0 radical (unpaired) electrons. The average Bonchev–Trinajstić information content (AvgIpc) is 2.63. The highest BCUT2D eigenvalue weighted by atomic mass is 79.9. The third kappa shape index (κ3) is 5.19. The summed E-state index contributed by atoms with van der Waals surface area (Å²) in [5.41, 5.74) is 7.20. The minimum absolute atomic E-state index is 0. The van der Waals surface area contributed by atoms with Crippen molar-refractivity contribution in [2.24, 2.45) is 11.1 Å². The number of carbonyl (C=O) groups is 1. The van der Waals surface area contributed by atoms with Gasteiger partial charge in [-0.2, -0.15) is 0 Å². The Morgan fingerprint density at radius 3 is 2.56 bits per heavy atom. The predicted molar refractivity (Wildman–Crippen MR) is 106 cm³/mol. The minimum Gasteiger partial charge on any atom is -0.370 e. The van der Waals surface area contributed by atoms with Gasteiger partial charge in [0.2, 0.25) is 5.91 Å². The molecular formula is C19H28BrClN2O2. The van der Waals surface area contributed by atoms with Gasteiger partial charge in [0, 0.05) is 17.4 Å². The van der Waals surface area contributed by atoms with Gasteiger partial charge in [-0.1, -0.05) is 47.3 Å². The fourth-order valence-corrected chi connectivity index (χ4v) is 4.21. The number of nitrogens with two attached hydrogens (primary N) is 1. The molecule has 1 heterocycles. The van der Waals surface area contributed by atoms with Crippen LogP contribution >= 0.6 is 28.3 Å². The van der Waals surface area contributed by atoms with Crippen LogP contribution < -0.4 is 5.73 Å². The van der Waals surface area contributed by atoms with E-state index >= 15 is 0 Å². The number of benzene rings is 1. The molecule has 140 valence electrons. The first-order valence-corrected chi connectivity index (χ1v) is 9.76. The molecule has 1 saturated carbocycles. The molecule has 2 fully saturated rings. The summed E-state index contributed by atoms with van der Waals surface area (Å²) in [7, 11) is 0. The molecule has 1 aromatic rings. The van der Waals surface area contributed by atoms with E-state index < -0.39 is 0 Å². The number of morpholine rings is 1. The maximum atomic E-state index is 12.9. The lowest BCUT2D eigenvalue weighted by Gasteiger charge is -2.39. The number of halogens is 2. The van der Waals surface area contributed by atoms with Crippen molar-refractivity contribution in [2.45, 2.75) is 44.6 Å². The Morgan fingerprint density at radius 2 is 1.92 bits per heavy atom. The van der Waals surface area contributed by atoms with Crippen molar-refractivity contribution < 1.29 is 9.53 Å². The number of rotatable bonds is 4. The number of amides is 1. The molecule has 1 aliphatic heterocycles. The Bertz CT molecular complexity index is 561. The highest BCUT2D eigenvalue weighted by Crippen LogP contribution is 2.39. The van der Waals surface area contributed by atoms with Crippen molar-refractivity contribution in [2.75, 3.05) is 26.2 Å². The van der Waals surface area contributed by atoms with Crippen LogP contribution in [0.4, 0.5) is 0 Å². The number of nitrogens with zero attached hydrogens (tertiary/aromatic N) is 1. The number of carbonyl (C=O) groups excluding carboxylic acids is 1. The minimum atomic E-state index is -0.0315. The smallest absolute Gasteiger partial charge is 0.223 e. The van der Waals surface area contributed by atoms with Crippen LogP contribution in [0.1, 0.15) is 50.2 Å². The van der Waals surface area contributed by atoms with Crippen LogP contribution in [-0.2, 0) is 9.53 Å². The fraction of sp³-hybridized carbons (Fsp3) is 0.632. The second-order valence-electron chi connectivity index (χ2n) is 7.19. The first-order chi connectivity index (χ1) is 11.6. The largest absolute Gasteiger partial charge is 0.370 e. The molecule has 1 aromatic carbocycles. The van der Waals surface area contributed by atoms with Crippen LogP contribution in [0.3, 0.4) is 0 Å². The SMILES string of the molecule is Cl.NCC1(CC(=O)N2CCOC(c3ccc(Br)cc3)C2)CCCCC1. The Labute approximate surface area is 165 Å². The summed E-state index contributed by atoms with van der Waals surface area (Å²) in [4.78, 5) is 14.8. The summed E-state index contributed by atoms with van der Waals surface area (Å²) < 4.78 is 6.94. The highest BCUT2D eigenvalue weighted by Gasteiger charge is 2.35. The number of hydrogen-bond acceptors (Lipinski definition) is 3. The predicted octanol–water partition coefficient (Wildman–Crippen LogP) is 4.07. The van der Waals surface area contributed by atoms with E-state index in [0.717, 1.165) is 22.9 Å². The molecule has 0 spiro atoms. The molecule has 0 aromatic heterocycles. The van der Waals surface area contributed by atoms with E-state index in [1.807, 2.05) is 17.0 Å².